The van der Waals surface area contributed by atoms with Gasteiger partial charge in [-0.25, -0.2) is 9.78 Å². The minimum absolute atomic E-state index is 0.428. The molecule has 234 valence electrons. The minimum atomic E-state index is -1.15. The van der Waals surface area contributed by atoms with Crippen molar-refractivity contribution in [1.29, 1.82) is 0 Å². The Balaban J connectivity index is 1.36. The average molecular weight is 643 g/mol. The molecule has 1 aliphatic carbocycles. The Hall–Kier alpha value is -3.30. The second kappa shape index (κ2) is 11.5. The number of aryl methyl sites for hydroxylation is 2. The molecule has 0 bridgehead atoms. The summed E-state index contributed by atoms with van der Waals surface area (Å²) in [5.74, 6) is -0.595. The molecule has 1 aliphatic heterocycles. The largest absolute Gasteiger partial charge is 0.479 e. The van der Waals surface area contributed by atoms with Gasteiger partial charge in [-0.05, 0) is 101 Å². The van der Waals surface area contributed by atoms with Gasteiger partial charge < -0.3 is 9.84 Å². The molecule has 7 nitrogen and oxygen atoms in total. The number of carboxylic acid groups (broad SMARTS) is 1. The second-order valence-corrected chi connectivity index (χ2v) is 15.0. The Labute approximate surface area is 272 Å². The summed E-state index contributed by atoms with van der Waals surface area (Å²) in [6, 6.07) is 16.8. The number of carbonyl (C=O) groups is 1. The lowest BCUT2D eigenvalue weighted by Crippen LogP contribution is -2.38. The van der Waals surface area contributed by atoms with Crippen LogP contribution in [0.15, 0.2) is 48.5 Å². The Kier molecular flexibility index (Phi) is 7.76. The normalized spacial score (nSPS) is 18.6. The van der Waals surface area contributed by atoms with Crippen LogP contribution in [0.25, 0.3) is 42.8 Å². The number of hydrogen-bond acceptors (Lipinski definition) is 6. The Morgan fingerprint density at radius 1 is 1.09 bits per heavy atom. The molecule has 1 saturated carbocycles. The summed E-state index contributed by atoms with van der Waals surface area (Å²) in [6.07, 6.45) is 4.00. The van der Waals surface area contributed by atoms with Gasteiger partial charge in [-0.1, -0.05) is 30.2 Å². The van der Waals surface area contributed by atoms with Crippen molar-refractivity contribution in [2.75, 3.05) is 13.1 Å². The second-order valence-electron chi connectivity index (χ2n) is 13.6. The number of halogens is 1. The first-order chi connectivity index (χ1) is 21.5. The summed E-state index contributed by atoms with van der Waals surface area (Å²) < 4.78 is 9.12. The number of likely N-dealkylation sites (tertiary alicyclic amines) is 1. The quantitative estimate of drug-likeness (QED) is 0.191. The molecule has 2 fully saturated rings. The summed E-state index contributed by atoms with van der Waals surface area (Å²) in [7, 11) is 2.03. The van der Waals surface area contributed by atoms with Crippen molar-refractivity contribution in [3.05, 3.63) is 70.4 Å². The molecule has 2 aromatic heterocycles. The van der Waals surface area contributed by atoms with Crippen LogP contribution in [0.5, 0.6) is 0 Å². The van der Waals surface area contributed by atoms with E-state index in [1.807, 2.05) is 69.8 Å². The summed E-state index contributed by atoms with van der Waals surface area (Å²) in [4.78, 5) is 20.5. The van der Waals surface area contributed by atoms with Crippen molar-refractivity contribution in [1.82, 2.24) is 19.7 Å². The Morgan fingerprint density at radius 3 is 2.49 bits per heavy atom. The van der Waals surface area contributed by atoms with Gasteiger partial charge >= 0.3 is 5.97 Å². The van der Waals surface area contributed by atoms with E-state index in [0.29, 0.717) is 16.5 Å². The van der Waals surface area contributed by atoms with Crippen LogP contribution in [-0.2, 0) is 16.6 Å². The molecule has 7 rings (SSSR count). The number of thiazole rings is 1. The highest BCUT2D eigenvalue weighted by Crippen LogP contribution is 2.45. The number of hydrogen-bond donors (Lipinski definition) is 1. The van der Waals surface area contributed by atoms with Gasteiger partial charge in [-0.15, -0.1) is 11.3 Å². The van der Waals surface area contributed by atoms with Crippen molar-refractivity contribution >= 4 is 50.0 Å². The molecule has 0 amide bonds. The van der Waals surface area contributed by atoms with Crippen molar-refractivity contribution in [2.45, 2.75) is 77.0 Å². The van der Waals surface area contributed by atoms with Crippen LogP contribution in [0.4, 0.5) is 0 Å². The highest BCUT2D eigenvalue weighted by Gasteiger charge is 2.35. The van der Waals surface area contributed by atoms with Crippen LogP contribution in [0.1, 0.15) is 75.3 Å². The Bertz CT molecular complexity index is 1920. The first kappa shape index (κ1) is 30.4. The van der Waals surface area contributed by atoms with E-state index in [1.54, 1.807) is 11.3 Å². The van der Waals surface area contributed by atoms with Gasteiger partial charge in [0.1, 0.15) is 5.01 Å². The van der Waals surface area contributed by atoms with Crippen molar-refractivity contribution in [3.63, 3.8) is 0 Å². The molecule has 9 heteroatoms. The average Bonchev–Trinajstić information content (AvgIpc) is 3.67. The SMILES string of the molecule is Cc1cc2nc(-c3ccc4c(c3)c(C3CCN(C5CCC5)C3)nn4C)sc2c(-c2ccc(Cl)cc2)c1[C@H](OC(C)(C)C)C(=O)O. The maximum atomic E-state index is 12.7. The van der Waals surface area contributed by atoms with E-state index in [2.05, 4.69) is 23.1 Å². The van der Waals surface area contributed by atoms with Crippen LogP contribution in [0.2, 0.25) is 5.02 Å². The topological polar surface area (TPSA) is 80.5 Å². The lowest BCUT2D eigenvalue weighted by Gasteiger charge is -2.34. The molecule has 1 N–H and O–H groups in total. The molecule has 0 spiro atoms. The maximum Gasteiger partial charge on any atom is 0.337 e. The predicted octanol–water partition coefficient (Wildman–Crippen LogP) is 8.76. The molecule has 5 aromatic rings. The molecular weight excluding hydrogens is 604 g/mol. The standard InChI is InChI=1S/C36H39ClN4O3S/c1-20-17-27-33(30(21-9-12-24(37)13-10-21)29(20)32(35(42)43)44-36(2,3)4)45-34(38-27)22-11-14-28-26(18-22)31(39-40(28)5)23-15-16-41(19-23)25-7-6-8-25/h9-14,17-18,23,25,32H,6-8,15-16,19H2,1-5H3,(H,42,43)/t23?,32-/m0/s1. The van der Waals surface area contributed by atoms with Crippen LogP contribution in [-0.4, -0.2) is 55.5 Å². The number of carboxylic acids is 1. The van der Waals surface area contributed by atoms with Crippen molar-refractivity contribution < 1.29 is 14.6 Å². The zero-order chi connectivity index (χ0) is 31.6. The van der Waals surface area contributed by atoms with E-state index in [0.717, 1.165) is 68.5 Å². The maximum absolute atomic E-state index is 12.7. The van der Waals surface area contributed by atoms with E-state index < -0.39 is 17.7 Å². The van der Waals surface area contributed by atoms with Gasteiger partial charge in [0, 0.05) is 52.7 Å². The summed E-state index contributed by atoms with van der Waals surface area (Å²) >= 11 is 7.86. The zero-order valence-corrected chi connectivity index (χ0v) is 28.0. The number of rotatable bonds is 7. The van der Waals surface area contributed by atoms with Crippen LogP contribution < -0.4 is 0 Å². The molecule has 1 unspecified atom stereocenters. The molecule has 0 radical (unpaired) electrons. The molecular formula is C36H39ClN4O3S. The van der Waals surface area contributed by atoms with Crippen molar-refractivity contribution in [3.8, 4) is 21.7 Å². The minimum Gasteiger partial charge on any atom is -0.479 e. The summed E-state index contributed by atoms with van der Waals surface area (Å²) in [6.45, 7) is 9.80. The van der Waals surface area contributed by atoms with Crippen LogP contribution in [0, 0.1) is 6.92 Å². The third-order valence-corrected chi connectivity index (χ3v) is 10.7. The van der Waals surface area contributed by atoms with Crippen LogP contribution in [0.3, 0.4) is 0 Å². The van der Waals surface area contributed by atoms with E-state index >= 15 is 0 Å². The van der Waals surface area contributed by atoms with E-state index in [1.165, 1.54) is 30.3 Å². The first-order valence-electron chi connectivity index (χ1n) is 15.8. The third-order valence-electron chi connectivity index (χ3n) is 9.34. The first-order valence-corrected chi connectivity index (χ1v) is 17.0. The number of aliphatic carboxylic acids is 1. The number of nitrogens with zero attached hydrogens (tertiary/aromatic N) is 4. The third kappa shape index (κ3) is 5.67. The van der Waals surface area contributed by atoms with Gasteiger partial charge in [0.15, 0.2) is 6.10 Å². The Morgan fingerprint density at radius 2 is 1.82 bits per heavy atom. The van der Waals surface area contributed by atoms with E-state index in [-0.39, 0.29) is 0 Å². The number of aromatic nitrogens is 3. The van der Waals surface area contributed by atoms with Crippen molar-refractivity contribution in [2.24, 2.45) is 7.05 Å². The van der Waals surface area contributed by atoms with Gasteiger partial charge in [0.05, 0.1) is 27.0 Å². The smallest absolute Gasteiger partial charge is 0.337 e. The van der Waals surface area contributed by atoms with Crippen LogP contribution >= 0.6 is 22.9 Å². The molecule has 2 atom stereocenters. The number of fused-ring (bicyclic) bond motifs is 2. The highest BCUT2D eigenvalue weighted by molar-refractivity contribution is 7.22. The van der Waals surface area contributed by atoms with Gasteiger partial charge in [-0.3, -0.25) is 9.58 Å². The van der Waals surface area contributed by atoms with Gasteiger partial charge in [0.25, 0.3) is 0 Å². The molecule has 45 heavy (non-hydrogen) atoms. The molecule has 3 aromatic carbocycles. The van der Waals surface area contributed by atoms with Gasteiger partial charge in [0.2, 0.25) is 0 Å². The predicted molar refractivity (Wildman–Crippen MR) is 182 cm³/mol. The number of benzene rings is 3. The van der Waals surface area contributed by atoms with E-state index in [9.17, 15) is 9.90 Å². The molecule has 1 saturated heterocycles. The highest BCUT2D eigenvalue weighted by atomic mass is 35.5. The fourth-order valence-corrected chi connectivity index (χ4v) is 8.23. The summed E-state index contributed by atoms with van der Waals surface area (Å²) in [5, 5.41) is 18.1. The fraction of sp³-hybridized carbons (Fsp3) is 0.417. The number of ether oxygens (including phenoxy) is 1. The lowest BCUT2D eigenvalue weighted by atomic mass is 9.91. The molecule has 2 aliphatic rings. The van der Waals surface area contributed by atoms with E-state index in [4.69, 9.17) is 26.4 Å². The monoisotopic (exact) mass is 642 g/mol. The molecule has 3 heterocycles. The fourth-order valence-electron chi connectivity index (χ4n) is 6.98. The summed E-state index contributed by atoms with van der Waals surface area (Å²) in [5.41, 5.74) is 6.69. The van der Waals surface area contributed by atoms with Gasteiger partial charge in [-0.2, -0.15) is 5.10 Å². The lowest BCUT2D eigenvalue weighted by molar-refractivity contribution is -0.160. The zero-order valence-electron chi connectivity index (χ0n) is 26.4.